The number of carbonyl (C=O) groups is 3. The molecule has 0 bridgehead atoms. The molecule has 2 rings (SSSR count). The van der Waals surface area contributed by atoms with Gasteiger partial charge in [-0.05, 0) is 31.4 Å². The summed E-state index contributed by atoms with van der Waals surface area (Å²) in [5.41, 5.74) is 0.186. The van der Waals surface area contributed by atoms with Gasteiger partial charge in [-0.15, -0.1) is 0 Å². The first-order valence-electron chi connectivity index (χ1n) is 6.83. The smallest absolute Gasteiger partial charge is 0.354 e. The molecule has 0 spiro atoms. The fraction of sp³-hybridized carbons (Fsp3) is 0.429. The van der Waals surface area contributed by atoms with Crippen LogP contribution in [-0.2, 0) is 4.79 Å². The van der Waals surface area contributed by atoms with Gasteiger partial charge in [0.25, 0.3) is 5.91 Å². The van der Waals surface area contributed by atoms with E-state index < -0.39 is 5.97 Å². The molecule has 0 aromatic carbocycles. The number of carboxylic acids is 1. The first-order valence-corrected chi connectivity index (χ1v) is 6.83. The fourth-order valence-electron chi connectivity index (χ4n) is 1.74. The molecule has 2 amide bonds. The summed E-state index contributed by atoms with van der Waals surface area (Å²) in [4.78, 5) is 37.5. The van der Waals surface area contributed by atoms with Gasteiger partial charge in [-0.2, -0.15) is 0 Å². The molecule has 1 aromatic heterocycles. The molecule has 1 saturated carbocycles. The van der Waals surface area contributed by atoms with Gasteiger partial charge in [-0.1, -0.05) is 0 Å². The molecule has 1 aliphatic carbocycles. The second kappa shape index (κ2) is 6.83. The number of nitrogens with one attached hydrogen (secondary N) is 2. The number of nitrogens with zero attached hydrogens (tertiary/aromatic N) is 1. The molecule has 1 heterocycles. The van der Waals surface area contributed by atoms with E-state index in [0.717, 1.165) is 12.8 Å². The van der Waals surface area contributed by atoms with Crippen molar-refractivity contribution in [3.63, 3.8) is 0 Å². The van der Waals surface area contributed by atoms with Crippen LogP contribution in [0.25, 0.3) is 0 Å². The molecule has 1 fully saturated rings. The molecule has 0 atom stereocenters. The molecule has 0 aliphatic heterocycles. The van der Waals surface area contributed by atoms with Crippen LogP contribution in [0.1, 0.15) is 46.5 Å². The van der Waals surface area contributed by atoms with Crippen molar-refractivity contribution in [1.82, 2.24) is 15.6 Å². The maximum absolute atomic E-state index is 11.8. The van der Waals surface area contributed by atoms with E-state index in [2.05, 4.69) is 15.6 Å². The van der Waals surface area contributed by atoms with E-state index in [1.165, 1.54) is 18.3 Å². The number of amides is 2. The van der Waals surface area contributed by atoms with Gasteiger partial charge in [0.05, 0.1) is 5.56 Å². The van der Waals surface area contributed by atoms with Gasteiger partial charge in [0.2, 0.25) is 5.91 Å². The topological polar surface area (TPSA) is 108 Å². The Morgan fingerprint density at radius 3 is 2.62 bits per heavy atom. The SMILES string of the molecule is O=C(CCCNC(=O)c1ccc(C(=O)O)nc1)NC1CC1. The highest BCUT2D eigenvalue weighted by atomic mass is 16.4. The molecule has 1 aromatic rings. The Morgan fingerprint density at radius 2 is 2.05 bits per heavy atom. The summed E-state index contributed by atoms with van der Waals surface area (Å²) in [6.07, 6.45) is 4.28. The van der Waals surface area contributed by atoms with Gasteiger partial charge in [0.15, 0.2) is 0 Å². The van der Waals surface area contributed by atoms with Crippen LogP contribution in [0.3, 0.4) is 0 Å². The standard InChI is InChI=1S/C14H17N3O4/c18-12(17-10-4-5-10)2-1-7-15-13(19)9-3-6-11(14(20)21)16-8-9/h3,6,8,10H,1-2,4-5,7H2,(H,15,19)(H,17,18)(H,20,21). The van der Waals surface area contributed by atoms with Gasteiger partial charge in [0, 0.05) is 25.2 Å². The highest BCUT2D eigenvalue weighted by Crippen LogP contribution is 2.18. The van der Waals surface area contributed by atoms with Gasteiger partial charge in [-0.3, -0.25) is 9.59 Å². The number of hydrogen-bond donors (Lipinski definition) is 3. The average Bonchev–Trinajstić information content (AvgIpc) is 3.27. The summed E-state index contributed by atoms with van der Waals surface area (Å²) in [5.74, 6) is -1.45. The zero-order chi connectivity index (χ0) is 15.2. The average molecular weight is 291 g/mol. The Labute approximate surface area is 121 Å². The number of carboxylic acid groups (broad SMARTS) is 1. The first-order chi connectivity index (χ1) is 10.1. The lowest BCUT2D eigenvalue weighted by molar-refractivity contribution is -0.121. The lowest BCUT2D eigenvalue weighted by atomic mass is 10.2. The monoisotopic (exact) mass is 291 g/mol. The molecule has 112 valence electrons. The number of rotatable bonds is 7. The van der Waals surface area contributed by atoms with E-state index in [4.69, 9.17) is 5.11 Å². The Morgan fingerprint density at radius 1 is 1.29 bits per heavy atom. The third-order valence-electron chi connectivity index (χ3n) is 3.05. The summed E-state index contributed by atoms with van der Waals surface area (Å²) in [6.45, 7) is 0.387. The molecule has 21 heavy (non-hydrogen) atoms. The largest absolute Gasteiger partial charge is 0.477 e. The fourth-order valence-corrected chi connectivity index (χ4v) is 1.74. The van der Waals surface area contributed by atoms with E-state index in [-0.39, 0.29) is 17.5 Å². The van der Waals surface area contributed by atoms with Crippen LogP contribution >= 0.6 is 0 Å². The Hall–Kier alpha value is -2.44. The molecule has 3 N–H and O–H groups in total. The van der Waals surface area contributed by atoms with Crippen molar-refractivity contribution >= 4 is 17.8 Å². The third kappa shape index (κ3) is 4.87. The van der Waals surface area contributed by atoms with Gasteiger partial charge < -0.3 is 15.7 Å². The summed E-state index contributed by atoms with van der Waals surface area (Å²) in [7, 11) is 0. The van der Waals surface area contributed by atoms with Gasteiger partial charge in [0.1, 0.15) is 5.69 Å². The minimum Gasteiger partial charge on any atom is -0.477 e. The normalized spacial score (nSPS) is 13.5. The van der Waals surface area contributed by atoms with Gasteiger partial charge >= 0.3 is 5.97 Å². The molecule has 0 radical (unpaired) electrons. The zero-order valence-corrected chi connectivity index (χ0v) is 11.5. The maximum Gasteiger partial charge on any atom is 0.354 e. The Bertz CT molecular complexity index is 538. The van der Waals surface area contributed by atoms with Crippen LogP contribution in [-0.4, -0.2) is 40.5 Å². The van der Waals surface area contributed by atoms with E-state index in [9.17, 15) is 14.4 Å². The van der Waals surface area contributed by atoms with Crippen LogP contribution in [0.15, 0.2) is 18.3 Å². The Kier molecular flexibility index (Phi) is 4.86. The van der Waals surface area contributed by atoms with Crippen molar-refractivity contribution < 1.29 is 19.5 Å². The molecule has 1 aliphatic rings. The summed E-state index contributed by atoms with van der Waals surface area (Å²) in [5, 5.41) is 14.2. The summed E-state index contributed by atoms with van der Waals surface area (Å²) < 4.78 is 0. The van der Waals surface area contributed by atoms with Crippen LogP contribution in [0.5, 0.6) is 0 Å². The number of aromatic carboxylic acids is 1. The number of carbonyl (C=O) groups excluding carboxylic acids is 2. The van der Waals surface area contributed by atoms with Crippen LogP contribution < -0.4 is 10.6 Å². The molecule has 7 heteroatoms. The maximum atomic E-state index is 11.8. The number of pyridine rings is 1. The van der Waals surface area contributed by atoms with Crippen LogP contribution in [0.2, 0.25) is 0 Å². The molecule has 0 unspecified atom stereocenters. The van der Waals surface area contributed by atoms with E-state index in [1.54, 1.807) is 0 Å². The number of aromatic nitrogens is 1. The molecule has 7 nitrogen and oxygen atoms in total. The van der Waals surface area contributed by atoms with Crippen molar-refractivity contribution in [2.24, 2.45) is 0 Å². The predicted octanol–water partition coefficient (Wildman–Crippen LogP) is 0.568. The molecular weight excluding hydrogens is 274 g/mol. The second-order valence-electron chi connectivity index (χ2n) is 4.94. The summed E-state index contributed by atoms with van der Waals surface area (Å²) in [6, 6.07) is 3.04. The van der Waals surface area contributed by atoms with E-state index in [0.29, 0.717) is 31.0 Å². The predicted molar refractivity (Wildman–Crippen MR) is 73.9 cm³/mol. The van der Waals surface area contributed by atoms with Crippen LogP contribution in [0, 0.1) is 0 Å². The minimum absolute atomic E-state index is 0.0132. The van der Waals surface area contributed by atoms with E-state index in [1.807, 2.05) is 0 Å². The second-order valence-corrected chi connectivity index (χ2v) is 4.94. The molecule has 0 saturated heterocycles. The minimum atomic E-state index is -1.14. The Balaban J connectivity index is 1.68. The lowest BCUT2D eigenvalue weighted by Crippen LogP contribution is -2.28. The quantitative estimate of drug-likeness (QED) is 0.636. The van der Waals surface area contributed by atoms with Crippen molar-refractivity contribution in [2.75, 3.05) is 6.54 Å². The van der Waals surface area contributed by atoms with Gasteiger partial charge in [-0.25, -0.2) is 9.78 Å². The zero-order valence-electron chi connectivity index (χ0n) is 11.5. The van der Waals surface area contributed by atoms with Crippen molar-refractivity contribution in [3.05, 3.63) is 29.6 Å². The lowest BCUT2D eigenvalue weighted by Gasteiger charge is -2.06. The van der Waals surface area contributed by atoms with Crippen molar-refractivity contribution in [1.29, 1.82) is 0 Å². The molecular formula is C14H17N3O4. The highest BCUT2D eigenvalue weighted by molar-refractivity contribution is 5.94. The van der Waals surface area contributed by atoms with Crippen LogP contribution in [0.4, 0.5) is 0 Å². The highest BCUT2D eigenvalue weighted by Gasteiger charge is 2.22. The van der Waals surface area contributed by atoms with E-state index >= 15 is 0 Å². The number of hydrogen-bond acceptors (Lipinski definition) is 4. The summed E-state index contributed by atoms with van der Waals surface area (Å²) >= 11 is 0. The first kappa shape index (κ1) is 15.0. The van der Waals surface area contributed by atoms with Crippen molar-refractivity contribution in [2.45, 2.75) is 31.7 Å². The van der Waals surface area contributed by atoms with Crippen molar-refractivity contribution in [3.8, 4) is 0 Å². The third-order valence-corrected chi connectivity index (χ3v) is 3.05.